The maximum atomic E-state index is 13.9. The van der Waals surface area contributed by atoms with E-state index in [9.17, 15) is 25.2 Å². The number of rotatable bonds is 12. The van der Waals surface area contributed by atoms with Crippen LogP contribution in [0.3, 0.4) is 0 Å². The van der Waals surface area contributed by atoms with Crippen LogP contribution in [-0.4, -0.2) is 88.3 Å². The Morgan fingerprint density at radius 2 is 1.76 bits per heavy atom. The van der Waals surface area contributed by atoms with Gasteiger partial charge >= 0.3 is 0 Å². The lowest BCUT2D eigenvalue weighted by molar-refractivity contribution is -0.197. The molecule has 0 aromatic heterocycles. The lowest BCUT2D eigenvalue weighted by Gasteiger charge is -2.60. The van der Waals surface area contributed by atoms with Gasteiger partial charge in [0.15, 0.2) is 5.78 Å². The fraction of sp³-hybridized carbons (Fsp3) is 0.921. The molecule has 0 unspecified atom stereocenters. The molecule has 0 amide bonds. The van der Waals surface area contributed by atoms with E-state index in [1.54, 1.807) is 20.1 Å². The van der Waals surface area contributed by atoms with Crippen LogP contribution in [0.2, 0.25) is 0 Å². The highest BCUT2D eigenvalue weighted by atomic mass is 16.5. The highest BCUT2D eigenvalue weighted by molar-refractivity contribution is 5.95. The second kappa shape index (κ2) is 13.4. The molecule has 0 aromatic carbocycles. The van der Waals surface area contributed by atoms with Crippen LogP contribution in [0, 0.1) is 46.3 Å². The first-order valence-electron chi connectivity index (χ1n) is 18.3. The maximum absolute atomic E-state index is 13.9. The predicted octanol–water partition coefficient (Wildman–Crippen LogP) is 5.23. The van der Waals surface area contributed by atoms with E-state index in [1.807, 2.05) is 13.8 Å². The molecule has 5 aliphatic rings. The molecule has 0 spiro atoms. The van der Waals surface area contributed by atoms with E-state index in [-0.39, 0.29) is 65.7 Å². The average Bonchev–Trinajstić information content (AvgIpc) is 3.46. The van der Waals surface area contributed by atoms with Gasteiger partial charge in [0.25, 0.3) is 0 Å². The number of carbonyl (C=O) groups excluding carboxylic acids is 1. The lowest BCUT2D eigenvalue weighted by Crippen LogP contribution is -2.63. The maximum Gasteiger partial charge on any atom is 0.159 e. The van der Waals surface area contributed by atoms with Crippen molar-refractivity contribution in [1.29, 1.82) is 0 Å². The second-order valence-electron chi connectivity index (χ2n) is 17.1. The minimum atomic E-state index is -1.52. The molecule has 3 saturated carbocycles. The molecule has 14 atom stereocenters. The second-order valence-corrected chi connectivity index (χ2v) is 17.1. The van der Waals surface area contributed by atoms with E-state index in [1.165, 1.54) is 0 Å². The normalized spacial score (nSPS) is 45.1. The molecule has 4 aliphatic carbocycles. The molecule has 0 radical (unpaired) electrons. The van der Waals surface area contributed by atoms with Crippen molar-refractivity contribution in [3.8, 4) is 0 Å². The van der Waals surface area contributed by atoms with Gasteiger partial charge in [0, 0.05) is 25.0 Å². The molecule has 0 aromatic rings. The number of hydrogen-bond donors (Lipinski definition) is 4. The van der Waals surface area contributed by atoms with Crippen LogP contribution in [0.4, 0.5) is 0 Å². The summed E-state index contributed by atoms with van der Waals surface area (Å²) in [6.45, 7) is 15.0. The molecule has 8 nitrogen and oxygen atoms in total. The summed E-state index contributed by atoms with van der Waals surface area (Å²) in [5.74, 6) is 0.342. The van der Waals surface area contributed by atoms with E-state index in [0.29, 0.717) is 38.2 Å². The summed E-state index contributed by atoms with van der Waals surface area (Å²) in [5, 5.41) is 46.2. The molecule has 1 aliphatic heterocycles. The van der Waals surface area contributed by atoms with Crippen LogP contribution < -0.4 is 0 Å². The van der Waals surface area contributed by atoms with Crippen LogP contribution in [0.5, 0.6) is 0 Å². The number of aliphatic hydroxyl groups is 4. The van der Waals surface area contributed by atoms with Crippen LogP contribution in [0.1, 0.15) is 113 Å². The summed E-state index contributed by atoms with van der Waals surface area (Å²) in [6, 6.07) is 0. The van der Waals surface area contributed by atoms with Gasteiger partial charge in [0.1, 0.15) is 6.10 Å². The first-order valence-corrected chi connectivity index (χ1v) is 18.3. The third-order valence-electron chi connectivity index (χ3n) is 14.3. The molecular formula is C38H64O8. The van der Waals surface area contributed by atoms with Crippen molar-refractivity contribution < 1.29 is 39.4 Å². The Kier molecular flexibility index (Phi) is 10.6. The van der Waals surface area contributed by atoms with Crippen molar-refractivity contribution in [2.75, 3.05) is 20.3 Å². The number of allylic oxidation sites excluding steroid dienone is 1. The molecule has 5 rings (SSSR count). The number of hydrogen-bond acceptors (Lipinski definition) is 8. The van der Waals surface area contributed by atoms with E-state index in [2.05, 4.69) is 27.7 Å². The molecule has 0 bridgehead atoms. The van der Waals surface area contributed by atoms with E-state index in [4.69, 9.17) is 14.2 Å². The molecule has 46 heavy (non-hydrogen) atoms. The zero-order valence-electron chi connectivity index (χ0n) is 29.8. The quantitative estimate of drug-likeness (QED) is 0.227. The summed E-state index contributed by atoms with van der Waals surface area (Å²) in [7, 11) is 1.78. The van der Waals surface area contributed by atoms with E-state index >= 15 is 0 Å². The van der Waals surface area contributed by atoms with Crippen molar-refractivity contribution >= 4 is 5.78 Å². The largest absolute Gasteiger partial charge is 0.394 e. The Balaban J connectivity index is 1.30. The number of carbonyl (C=O) groups is 1. The Labute approximate surface area is 277 Å². The summed E-state index contributed by atoms with van der Waals surface area (Å²) in [4.78, 5) is 13.9. The van der Waals surface area contributed by atoms with Gasteiger partial charge in [-0.05, 0) is 118 Å². The zero-order chi connectivity index (χ0) is 33.8. The fourth-order valence-electron chi connectivity index (χ4n) is 10.9. The minimum absolute atomic E-state index is 0.0385. The number of ketones is 1. The van der Waals surface area contributed by atoms with Crippen molar-refractivity contribution in [2.45, 2.75) is 154 Å². The highest BCUT2D eigenvalue weighted by Crippen LogP contribution is 2.68. The number of ether oxygens (including phenoxy) is 3. The van der Waals surface area contributed by atoms with Gasteiger partial charge in [-0.2, -0.15) is 0 Å². The molecule has 1 heterocycles. The third kappa shape index (κ3) is 5.98. The minimum Gasteiger partial charge on any atom is -0.394 e. The number of aliphatic hydroxyl groups excluding tert-OH is 2. The predicted molar refractivity (Wildman–Crippen MR) is 177 cm³/mol. The molecular weight excluding hydrogens is 584 g/mol. The first kappa shape index (κ1) is 36.4. The van der Waals surface area contributed by atoms with Crippen molar-refractivity contribution in [3.63, 3.8) is 0 Å². The summed E-state index contributed by atoms with van der Waals surface area (Å²) in [6.07, 6.45) is 7.94. The Bertz CT molecular complexity index is 1120. The summed E-state index contributed by atoms with van der Waals surface area (Å²) < 4.78 is 18.2. The SMILES string of the molecule is CO[C@H](CCO[C@H]1CC[C@@]2(C)[C@@H](C1)C(=O)C=C1[C@@H]2CC[C@]2(C)[C@@H]([C@](C)(O)[C@H](O)[C@H]3O[C@@H](CO)[C@H](C)[C@H]3C)CC[C@@]12O)CCC(C)C. The van der Waals surface area contributed by atoms with Crippen molar-refractivity contribution in [1.82, 2.24) is 0 Å². The fourth-order valence-corrected chi connectivity index (χ4v) is 10.9. The Hall–Kier alpha value is -0.870. The monoisotopic (exact) mass is 648 g/mol. The third-order valence-corrected chi connectivity index (χ3v) is 14.3. The highest BCUT2D eigenvalue weighted by Gasteiger charge is 2.69. The lowest BCUT2D eigenvalue weighted by atomic mass is 9.46. The number of methoxy groups -OCH3 is 1. The molecule has 1 saturated heterocycles. The van der Waals surface area contributed by atoms with Gasteiger partial charge in [0.2, 0.25) is 0 Å². The molecule has 8 heteroatoms. The van der Waals surface area contributed by atoms with Gasteiger partial charge in [-0.25, -0.2) is 0 Å². The van der Waals surface area contributed by atoms with Gasteiger partial charge in [-0.1, -0.05) is 41.5 Å². The Morgan fingerprint density at radius 3 is 2.39 bits per heavy atom. The standard InChI is InChI=1S/C38H64O8/c1-22(2)9-10-25(44-8)14-18-45-26-11-15-35(5)27-12-16-36(6)32(13-17-38(36,43)28(27)20-30(40)29(35)19-26)37(7,42)34(41)33-24(4)23(3)31(21-39)46-33/h20,22-27,29,31-34,39,41-43H,9-19,21H2,1-8H3/t23-,24-,25+,26+,27+,29+,31+,32+,33+,34-,35-,36-,37+,38-/m1/s1. The van der Waals surface area contributed by atoms with Crippen molar-refractivity contribution in [3.05, 3.63) is 11.6 Å². The summed E-state index contributed by atoms with van der Waals surface area (Å²) in [5.41, 5.74) is -2.85. The van der Waals surface area contributed by atoms with Gasteiger partial charge in [-0.3, -0.25) is 4.79 Å². The zero-order valence-corrected chi connectivity index (χ0v) is 29.8. The van der Waals surface area contributed by atoms with Crippen LogP contribution in [-0.2, 0) is 19.0 Å². The number of fused-ring (bicyclic) bond motifs is 5. The van der Waals surface area contributed by atoms with Gasteiger partial charge < -0.3 is 34.6 Å². The topological polar surface area (TPSA) is 126 Å². The Morgan fingerprint density at radius 1 is 1.04 bits per heavy atom. The molecule has 4 N–H and O–H groups in total. The van der Waals surface area contributed by atoms with Gasteiger partial charge in [0.05, 0.1) is 42.2 Å². The van der Waals surface area contributed by atoms with Gasteiger partial charge in [-0.15, -0.1) is 0 Å². The average molecular weight is 649 g/mol. The van der Waals surface area contributed by atoms with E-state index < -0.39 is 28.8 Å². The van der Waals surface area contributed by atoms with E-state index in [0.717, 1.165) is 44.1 Å². The van der Waals surface area contributed by atoms with Crippen LogP contribution in [0.25, 0.3) is 0 Å². The first-order chi connectivity index (χ1) is 21.5. The smallest absolute Gasteiger partial charge is 0.159 e. The summed E-state index contributed by atoms with van der Waals surface area (Å²) >= 11 is 0. The van der Waals surface area contributed by atoms with Crippen LogP contribution >= 0.6 is 0 Å². The molecule has 4 fully saturated rings. The van der Waals surface area contributed by atoms with Crippen LogP contribution in [0.15, 0.2) is 11.6 Å². The molecule has 264 valence electrons. The van der Waals surface area contributed by atoms with Crippen molar-refractivity contribution in [2.24, 2.45) is 46.3 Å².